The second-order valence-corrected chi connectivity index (χ2v) is 6.11. The minimum absolute atomic E-state index is 0.402. The van der Waals surface area contributed by atoms with E-state index in [0.717, 1.165) is 0 Å². The quantitative estimate of drug-likeness (QED) is 0.405. The molecule has 0 aromatic carbocycles. The van der Waals surface area contributed by atoms with Crippen molar-refractivity contribution in [2.45, 2.75) is 13.8 Å². The van der Waals surface area contributed by atoms with Crippen molar-refractivity contribution in [1.29, 1.82) is 0 Å². The predicted octanol–water partition coefficient (Wildman–Crippen LogP) is 2.87. The van der Waals surface area contributed by atoms with E-state index in [1.165, 1.54) is 11.1 Å². The van der Waals surface area contributed by atoms with Crippen LogP contribution in [0.25, 0.3) is 0 Å². The average Bonchev–Trinajstić information content (AvgIpc) is 2.24. The van der Waals surface area contributed by atoms with E-state index in [4.69, 9.17) is 16.1 Å². The first-order valence-corrected chi connectivity index (χ1v) is 6.54. The summed E-state index contributed by atoms with van der Waals surface area (Å²) >= 11 is 5.45. The van der Waals surface area contributed by atoms with Gasteiger partial charge in [-0.2, -0.15) is 0 Å². The summed E-state index contributed by atoms with van der Waals surface area (Å²) < 4.78 is 17.1. The smallest absolute Gasteiger partial charge is 0.211 e. The van der Waals surface area contributed by atoms with Crippen molar-refractivity contribution >= 4 is 19.0 Å². The van der Waals surface area contributed by atoms with Crippen LogP contribution in [0.3, 0.4) is 0 Å². The molecule has 1 aliphatic rings. The standard InChI is InChI=1S/C8H14ClO2P/c1-7-5-12(10,6-8(7)2)11-4-3-9/h3-6H2,1-2H3. The summed E-state index contributed by atoms with van der Waals surface area (Å²) in [5.41, 5.74) is 2.43. The van der Waals surface area contributed by atoms with Crippen molar-refractivity contribution < 1.29 is 9.09 Å². The molecule has 0 atom stereocenters. The van der Waals surface area contributed by atoms with Crippen LogP contribution in [0.1, 0.15) is 13.8 Å². The summed E-state index contributed by atoms with van der Waals surface area (Å²) in [7, 11) is -2.36. The Balaban J connectivity index is 2.52. The SMILES string of the molecule is CC1=C(C)CP(=O)(OCCCl)C1. The highest BCUT2D eigenvalue weighted by Crippen LogP contribution is 2.54. The maximum atomic E-state index is 11.9. The third-order valence-electron chi connectivity index (χ3n) is 2.09. The van der Waals surface area contributed by atoms with Crippen LogP contribution < -0.4 is 0 Å². The lowest BCUT2D eigenvalue weighted by Gasteiger charge is -2.11. The Morgan fingerprint density at radius 3 is 2.33 bits per heavy atom. The van der Waals surface area contributed by atoms with Gasteiger partial charge in [-0.3, -0.25) is 4.57 Å². The minimum Gasteiger partial charge on any atom is -0.327 e. The first-order valence-electron chi connectivity index (χ1n) is 4.01. The summed E-state index contributed by atoms with van der Waals surface area (Å²) in [6, 6.07) is 0. The van der Waals surface area contributed by atoms with Gasteiger partial charge in [-0.1, -0.05) is 11.1 Å². The van der Waals surface area contributed by atoms with E-state index in [1.54, 1.807) is 0 Å². The Morgan fingerprint density at radius 2 is 1.92 bits per heavy atom. The second kappa shape index (κ2) is 3.95. The van der Waals surface area contributed by atoms with E-state index >= 15 is 0 Å². The largest absolute Gasteiger partial charge is 0.327 e. The molecule has 0 amide bonds. The van der Waals surface area contributed by atoms with Crippen molar-refractivity contribution in [1.82, 2.24) is 0 Å². The molecule has 0 unspecified atom stereocenters. The third kappa shape index (κ3) is 2.35. The van der Waals surface area contributed by atoms with Crippen LogP contribution in [-0.4, -0.2) is 24.8 Å². The van der Waals surface area contributed by atoms with Crippen LogP contribution in [0.15, 0.2) is 11.1 Å². The van der Waals surface area contributed by atoms with E-state index < -0.39 is 7.37 Å². The topological polar surface area (TPSA) is 26.3 Å². The molecule has 0 saturated carbocycles. The molecule has 0 aliphatic carbocycles. The second-order valence-electron chi connectivity index (χ2n) is 3.21. The van der Waals surface area contributed by atoms with Gasteiger partial charge in [-0.05, 0) is 13.8 Å². The molecule has 2 nitrogen and oxygen atoms in total. The lowest BCUT2D eigenvalue weighted by atomic mass is 10.2. The molecular formula is C8H14ClO2P. The Morgan fingerprint density at radius 1 is 1.42 bits per heavy atom. The number of alkyl halides is 1. The van der Waals surface area contributed by atoms with Crippen molar-refractivity contribution in [2.24, 2.45) is 0 Å². The molecule has 0 aromatic rings. The predicted molar refractivity (Wildman–Crippen MR) is 52.4 cm³/mol. The number of rotatable bonds is 3. The van der Waals surface area contributed by atoms with Gasteiger partial charge in [-0.25, -0.2) is 0 Å². The van der Waals surface area contributed by atoms with Crippen molar-refractivity contribution in [2.75, 3.05) is 24.8 Å². The number of allylic oxidation sites excluding steroid dienone is 2. The van der Waals surface area contributed by atoms with Gasteiger partial charge in [0.05, 0.1) is 6.61 Å². The Bertz CT molecular complexity index is 229. The van der Waals surface area contributed by atoms with Crippen LogP contribution >= 0.6 is 19.0 Å². The van der Waals surface area contributed by atoms with Gasteiger partial charge < -0.3 is 4.52 Å². The monoisotopic (exact) mass is 208 g/mol. The Labute approximate surface area is 78.4 Å². The number of hydrogen-bond acceptors (Lipinski definition) is 2. The van der Waals surface area contributed by atoms with Crippen molar-refractivity contribution in [3.8, 4) is 0 Å². The summed E-state index contributed by atoms with van der Waals surface area (Å²) in [4.78, 5) is 0. The van der Waals surface area contributed by atoms with E-state index in [0.29, 0.717) is 24.8 Å². The highest BCUT2D eigenvalue weighted by atomic mass is 35.5. The molecule has 4 heteroatoms. The zero-order valence-corrected chi connectivity index (χ0v) is 9.12. The van der Waals surface area contributed by atoms with Gasteiger partial charge in [0.2, 0.25) is 7.37 Å². The summed E-state index contributed by atoms with van der Waals surface area (Å²) in [6.07, 6.45) is 1.24. The summed E-state index contributed by atoms with van der Waals surface area (Å²) in [5, 5.41) is 0. The molecular weight excluding hydrogens is 195 g/mol. The van der Waals surface area contributed by atoms with Gasteiger partial charge in [-0.15, -0.1) is 11.6 Å². The molecule has 0 spiro atoms. The van der Waals surface area contributed by atoms with Crippen LogP contribution in [-0.2, 0) is 9.09 Å². The number of halogens is 1. The lowest BCUT2D eigenvalue weighted by molar-refractivity contribution is 0.340. The van der Waals surface area contributed by atoms with Crippen LogP contribution in [0.2, 0.25) is 0 Å². The van der Waals surface area contributed by atoms with E-state index in [-0.39, 0.29) is 0 Å². The normalized spacial score (nSPS) is 21.9. The van der Waals surface area contributed by atoms with Crippen molar-refractivity contribution in [3.05, 3.63) is 11.1 Å². The van der Waals surface area contributed by atoms with Gasteiger partial charge in [0.1, 0.15) is 0 Å². The van der Waals surface area contributed by atoms with E-state index in [2.05, 4.69) is 0 Å². The molecule has 0 radical (unpaired) electrons. The molecule has 0 aromatic heterocycles. The first kappa shape index (κ1) is 10.3. The maximum Gasteiger partial charge on any atom is 0.211 e. The molecule has 70 valence electrons. The zero-order valence-electron chi connectivity index (χ0n) is 7.47. The van der Waals surface area contributed by atoms with Crippen LogP contribution in [0.4, 0.5) is 0 Å². The van der Waals surface area contributed by atoms with Gasteiger partial charge in [0.15, 0.2) is 0 Å². The molecule has 1 heterocycles. The first-order chi connectivity index (χ1) is 5.57. The minimum atomic E-state index is -2.36. The lowest BCUT2D eigenvalue weighted by Crippen LogP contribution is -1.97. The fourth-order valence-electron chi connectivity index (χ4n) is 1.34. The van der Waals surface area contributed by atoms with E-state index in [9.17, 15) is 4.57 Å². The highest BCUT2D eigenvalue weighted by Gasteiger charge is 2.30. The molecule has 0 fully saturated rings. The molecule has 0 saturated heterocycles. The van der Waals surface area contributed by atoms with Crippen LogP contribution in [0.5, 0.6) is 0 Å². The Kier molecular flexibility index (Phi) is 3.39. The fraction of sp³-hybridized carbons (Fsp3) is 0.750. The number of hydrogen-bond donors (Lipinski definition) is 0. The molecule has 12 heavy (non-hydrogen) atoms. The summed E-state index contributed by atoms with van der Waals surface area (Å²) in [5.74, 6) is 0.419. The van der Waals surface area contributed by atoms with Gasteiger partial charge in [0.25, 0.3) is 0 Å². The molecule has 0 N–H and O–H groups in total. The molecule has 1 aliphatic heterocycles. The van der Waals surface area contributed by atoms with E-state index in [1.807, 2.05) is 13.8 Å². The summed E-state index contributed by atoms with van der Waals surface area (Å²) in [6.45, 7) is 4.43. The highest BCUT2D eigenvalue weighted by molar-refractivity contribution is 7.59. The van der Waals surface area contributed by atoms with Crippen molar-refractivity contribution in [3.63, 3.8) is 0 Å². The average molecular weight is 209 g/mol. The fourth-order valence-corrected chi connectivity index (χ4v) is 4.23. The van der Waals surface area contributed by atoms with Crippen LogP contribution in [0, 0.1) is 0 Å². The third-order valence-corrected chi connectivity index (χ3v) is 4.81. The van der Waals surface area contributed by atoms with Gasteiger partial charge in [0, 0.05) is 18.2 Å². The maximum absolute atomic E-state index is 11.9. The zero-order chi connectivity index (χ0) is 9.19. The molecule has 1 rings (SSSR count). The Hall–Kier alpha value is 0.220. The molecule has 0 bridgehead atoms. The van der Waals surface area contributed by atoms with Gasteiger partial charge >= 0.3 is 0 Å².